The van der Waals surface area contributed by atoms with E-state index in [-0.39, 0.29) is 23.7 Å². The third-order valence-electron chi connectivity index (χ3n) is 4.13. The van der Waals surface area contributed by atoms with E-state index in [9.17, 15) is 9.59 Å². The van der Waals surface area contributed by atoms with E-state index in [4.69, 9.17) is 0 Å². The predicted molar refractivity (Wildman–Crippen MR) is 79.4 cm³/mol. The van der Waals surface area contributed by atoms with Crippen LogP contribution in [0.2, 0.25) is 0 Å². The number of hydrogen-bond donors (Lipinski definition) is 1. The van der Waals surface area contributed by atoms with E-state index in [1.807, 2.05) is 6.07 Å². The summed E-state index contributed by atoms with van der Waals surface area (Å²) in [5.41, 5.74) is 3.53. The fraction of sp³-hybridized carbons (Fsp3) is 0.529. The van der Waals surface area contributed by atoms with Crippen LogP contribution < -0.4 is 5.32 Å². The van der Waals surface area contributed by atoms with Crippen LogP contribution in [0.15, 0.2) is 18.2 Å². The van der Waals surface area contributed by atoms with Crippen molar-refractivity contribution in [1.29, 1.82) is 0 Å². The molecule has 3 heteroatoms. The third-order valence-corrected chi connectivity index (χ3v) is 4.13. The first kappa shape index (κ1) is 14.8. The summed E-state index contributed by atoms with van der Waals surface area (Å²) in [6, 6.07) is 6.15. The zero-order valence-electron chi connectivity index (χ0n) is 12.7. The Labute approximate surface area is 120 Å². The maximum atomic E-state index is 12.2. The Morgan fingerprint density at radius 1 is 1.20 bits per heavy atom. The predicted octanol–water partition coefficient (Wildman–Crippen LogP) is 3.10. The molecule has 0 aromatic heterocycles. The highest BCUT2D eigenvalue weighted by molar-refractivity contribution is 6.00. The van der Waals surface area contributed by atoms with Crippen LogP contribution in [0.1, 0.15) is 49.3 Å². The van der Waals surface area contributed by atoms with Gasteiger partial charge in [-0.2, -0.15) is 0 Å². The highest BCUT2D eigenvalue weighted by Crippen LogP contribution is 2.38. The Bertz CT molecular complexity index is 514. The summed E-state index contributed by atoms with van der Waals surface area (Å²) in [6.07, 6.45) is 1.23. The molecule has 0 spiro atoms. The Balaban J connectivity index is 2.43. The van der Waals surface area contributed by atoms with Crippen LogP contribution >= 0.6 is 0 Å². The van der Waals surface area contributed by atoms with Gasteiger partial charge in [-0.3, -0.25) is 14.9 Å². The first-order valence-electron chi connectivity index (χ1n) is 7.30. The summed E-state index contributed by atoms with van der Waals surface area (Å²) in [5.74, 6) is 0.0865. The van der Waals surface area contributed by atoms with Crippen molar-refractivity contribution in [2.45, 2.75) is 46.5 Å². The van der Waals surface area contributed by atoms with E-state index in [1.54, 1.807) is 0 Å². The first-order chi connectivity index (χ1) is 9.40. The van der Waals surface area contributed by atoms with Crippen molar-refractivity contribution in [3.63, 3.8) is 0 Å². The third kappa shape index (κ3) is 2.92. The molecule has 1 aromatic carbocycles. The maximum absolute atomic E-state index is 12.2. The first-order valence-corrected chi connectivity index (χ1v) is 7.30. The number of rotatable bonds is 3. The molecule has 1 aliphatic heterocycles. The molecule has 0 aliphatic carbocycles. The lowest BCUT2D eigenvalue weighted by atomic mass is 9.74. The van der Waals surface area contributed by atoms with Crippen LogP contribution in [0, 0.1) is 25.7 Å². The Kier molecular flexibility index (Phi) is 4.26. The smallest absolute Gasteiger partial charge is 0.230 e. The summed E-state index contributed by atoms with van der Waals surface area (Å²) in [5, 5.41) is 2.50. The van der Waals surface area contributed by atoms with E-state index in [0.29, 0.717) is 12.3 Å². The van der Waals surface area contributed by atoms with E-state index in [2.05, 4.69) is 45.1 Å². The quantitative estimate of drug-likeness (QED) is 0.860. The van der Waals surface area contributed by atoms with Gasteiger partial charge in [0.1, 0.15) is 0 Å². The van der Waals surface area contributed by atoms with E-state index < -0.39 is 0 Å². The number of aryl methyl sites for hydroxylation is 2. The molecule has 0 saturated carbocycles. The van der Waals surface area contributed by atoms with Crippen LogP contribution in [0.3, 0.4) is 0 Å². The number of hydrogen-bond acceptors (Lipinski definition) is 2. The molecule has 2 rings (SSSR count). The number of piperidine rings is 1. The van der Waals surface area contributed by atoms with Crippen LogP contribution in [0.4, 0.5) is 0 Å². The molecule has 1 heterocycles. The van der Waals surface area contributed by atoms with Gasteiger partial charge in [-0.05, 0) is 42.9 Å². The number of nitrogens with one attached hydrogen (secondary N) is 1. The molecule has 1 N–H and O–H groups in total. The molecule has 0 radical (unpaired) electrons. The molecule has 1 saturated heterocycles. The van der Waals surface area contributed by atoms with Crippen molar-refractivity contribution in [1.82, 2.24) is 5.32 Å². The second-order valence-corrected chi connectivity index (χ2v) is 6.26. The zero-order valence-corrected chi connectivity index (χ0v) is 12.7. The van der Waals surface area contributed by atoms with Crippen molar-refractivity contribution in [3.05, 3.63) is 34.9 Å². The van der Waals surface area contributed by atoms with Gasteiger partial charge in [0.2, 0.25) is 11.8 Å². The molecule has 1 fully saturated rings. The Morgan fingerprint density at radius 3 is 2.35 bits per heavy atom. The number of carbonyl (C=O) groups excluding carboxylic acids is 2. The van der Waals surface area contributed by atoms with Crippen molar-refractivity contribution in [2.24, 2.45) is 11.8 Å². The molecular weight excluding hydrogens is 250 g/mol. The normalized spacial score (nSPS) is 23.1. The number of benzene rings is 1. The highest BCUT2D eigenvalue weighted by Gasteiger charge is 2.38. The number of carbonyl (C=O) groups is 2. The average Bonchev–Trinajstić information content (AvgIpc) is 2.32. The molecular formula is C17H23NO2. The summed E-state index contributed by atoms with van der Waals surface area (Å²) in [6.45, 7) is 8.36. The molecule has 0 bridgehead atoms. The standard InChI is InChI=1S/C17H23NO2/c1-10(2)8-14-13(9-15(19)18-17(14)20)16-11(3)6-5-7-12(16)4/h5-7,10,13-14H,8-9H2,1-4H3,(H,18,19,20). The molecule has 108 valence electrons. The van der Waals surface area contributed by atoms with Gasteiger partial charge in [-0.1, -0.05) is 32.0 Å². The Hall–Kier alpha value is -1.64. The maximum Gasteiger partial charge on any atom is 0.230 e. The van der Waals surface area contributed by atoms with Crippen molar-refractivity contribution in [3.8, 4) is 0 Å². The summed E-state index contributed by atoms with van der Waals surface area (Å²) in [7, 11) is 0. The molecule has 1 aromatic rings. The van der Waals surface area contributed by atoms with Gasteiger partial charge in [-0.25, -0.2) is 0 Å². The van der Waals surface area contributed by atoms with E-state index in [0.717, 1.165) is 6.42 Å². The molecule has 2 atom stereocenters. The summed E-state index contributed by atoms with van der Waals surface area (Å²) < 4.78 is 0. The van der Waals surface area contributed by atoms with Crippen LogP contribution in [0.25, 0.3) is 0 Å². The van der Waals surface area contributed by atoms with E-state index in [1.165, 1.54) is 16.7 Å². The monoisotopic (exact) mass is 273 g/mol. The second kappa shape index (κ2) is 5.78. The molecule has 3 nitrogen and oxygen atoms in total. The lowest BCUT2D eigenvalue weighted by Gasteiger charge is -2.33. The van der Waals surface area contributed by atoms with Crippen molar-refractivity contribution in [2.75, 3.05) is 0 Å². The lowest BCUT2D eigenvalue weighted by Crippen LogP contribution is -2.45. The SMILES string of the molecule is Cc1cccc(C)c1C1CC(=O)NC(=O)C1CC(C)C. The average molecular weight is 273 g/mol. The van der Waals surface area contributed by atoms with Gasteiger partial charge >= 0.3 is 0 Å². The largest absolute Gasteiger partial charge is 0.296 e. The van der Waals surface area contributed by atoms with Gasteiger partial charge < -0.3 is 0 Å². The number of imide groups is 1. The fourth-order valence-electron chi connectivity index (χ4n) is 3.30. The minimum absolute atomic E-state index is 0.0137. The highest BCUT2D eigenvalue weighted by atomic mass is 16.2. The second-order valence-electron chi connectivity index (χ2n) is 6.26. The topological polar surface area (TPSA) is 46.2 Å². The molecule has 2 unspecified atom stereocenters. The van der Waals surface area contributed by atoms with Crippen molar-refractivity contribution < 1.29 is 9.59 Å². The molecule has 2 amide bonds. The minimum Gasteiger partial charge on any atom is -0.296 e. The molecule has 1 aliphatic rings. The zero-order chi connectivity index (χ0) is 14.9. The van der Waals surface area contributed by atoms with Crippen LogP contribution in [0.5, 0.6) is 0 Å². The summed E-state index contributed by atoms with van der Waals surface area (Å²) >= 11 is 0. The van der Waals surface area contributed by atoms with Gasteiger partial charge in [0.05, 0.1) is 0 Å². The molecule has 20 heavy (non-hydrogen) atoms. The van der Waals surface area contributed by atoms with Gasteiger partial charge in [0.25, 0.3) is 0 Å². The van der Waals surface area contributed by atoms with Crippen LogP contribution in [-0.2, 0) is 9.59 Å². The van der Waals surface area contributed by atoms with E-state index >= 15 is 0 Å². The lowest BCUT2D eigenvalue weighted by molar-refractivity contribution is -0.137. The summed E-state index contributed by atoms with van der Waals surface area (Å²) in [4.78, 5) is 24.0. The minimum atomic E-state index is -0.150. The van der Waals surface area contributed by atoms with Gasteiger partial charge in [-0.15, -0.1) is 0 Å². The van der Waals surface area contributed by atoms with Gasteiger partial charge in [0, 0.05) is 18.3 Å². The van der Waals surface area contributed by atoms with Crippen molar-refractivity contribution >= 4 is 11.8 Å². The Morgan fingerprint density at radius 2 is 1.80 bits per heavy atom. The van der Waals surface area contributed by atoms with Crippen LogP contribution in [-0.4, -0.2) is 11.8 Å². The van der Waals surface area contributed by atoms with Gasteiger partial charge in [0.15, 0.2) is 0 Å². The number of amides is 2. The fourth-order valence-corrected chi connectivity index (χ4v) is 3.30.